The molecular weight excluding hydrogens is 386 g/mol. The van der Waals surface area contributed by atoms with Gasteiger partial charge in [-0.1, -0.05) is 13.8 Å². The number of nitrogens with one attached hydrogen (secondary N) is 2. The highest BCUT2D eigenvalue weighted by atomic mass is 32.1. The minimum atomic E-state index is -0.469. The van der Waals surface area contributed by atoms with Crippen molar-refractivity contribution < 1.29 is 9.59 Å². The summed E-state index contributed by atoms with van der Waals surface area (Å²) < 4.78 is 0. The second-order valence-electron chi connectivity index (χ2n) is 8.23. The fourth-order valence-corrected chi connectivity index (χ4v) is 4.92. The van der Waals surface area contributed by atoms with Gasteiger partial charge in [0.25, 0.3) is 0 Å². The number of carbonyl (C=O) groups excluding carboxylic acids is 2. The van der Waals surface area contributed by atoms with Crippen molar-refractivity contribution in [2.75, 3.05) is 25.0 Å². The molecule has 3 rings (SSSR count). The SMILES string of the molecule is CNC(=O)C(CC(C)C)NC(=O)C1CCN(c2ncnc3sc(C)c(C)c23)CC1. The highest BCUT2D eigenvalue weighted by molar-refractivity contribution is 7.18. The lowest BCUT2D eigenvalue weighted by Crippen LogP contribution is -2.50. The number of hydrogen-bond donors (Lipinski definition) is 2. The molecule has 2 N–H and O–H groups in total. The van der Waals surface area contributed by atoms with Gasteiger partial charge in [-0.05, 0) is 44.6 Å². The Morgan fingerprint density at radius 2 is 1.93 bits per heavy atom. The Labute approximate surface area is 176 Å². The first-order chi connectivity index (χ1) is 13.8. The summed E-state index contributed by atoms with van der Waals surface area (Å²) in [7, 11) is 1.61. The molecule has 1 saturated heterocycles. The van der Waals surface area contributed by atoms with Crippen molar-refractivity contribution in [3.63, 3.8) is 0 Å². The fraction of sp³-hybridized carbons (Fsp3) is 0.619. The van der Waals surface area contributed by atoms with Gasteiger partial charge < -0.3 is 15.5 Å². The van der Waals surface area contributed by atoms with Crippen molar-refractivity contribution in [3.05, 3.63) is 16.8 Å². The number of likely N-dealkylation sites (N-methyl/N-ethyl adjacent to an activating group) is 1. The number of rotatable bonds is 6. The van der Waals surface area contributed by atoms with Crippen LogP contribution in [0.2, 0.25) is 0 Å². The van der Waals surface area contributed by atoms with Gasteiger partial charge in [-0.15, -0.1) is 11.3 Å². The summed E-state index contributed by atoms with van der Waals surface area (Å²) in [6.07, 6.45) is 3.77. The normalized spacial score (nSPS) is 16.3. The van der Waals surface area contributed by atoms with Gasteiger partial charge in [0.05, 0.1) is 5.39 Å². The van der Waals surface area contributed by atoms with Crippen LogP contribution >= 0.6 is 11.3 Å². The van der Waals surface area contributed by atoms with Gasteiger partial charge in [-0.2, -0.15) is 0 Å². The predicted octanol–water partition coefficient (Wildman–Crippen LogP) is 2.80. The third-order valence-corrected chi connectivity index (χ3v) is 6.81. The molecule has 2 aromatic rings. The molecule has 1 unspecified atom stereocenters. The number of aryl methyl sites for hydroxylation is 2. The van der Waals surface area contributed by atoms with Crippen LogP contribution in [0.25, 0.3) is 10.2 Å². The maximum Gasteiger partial charge on any atom is 0.242 e. The lowest BCUT2D eigenvalue weighted by Gasteiger charge is -2.33. The Morgan fingerprint density at radius 1 is 1.24 bits per heavy atom. The molecule has 1 atom stereocenters. The molecular formula is C21H31N5O2S. The monoisotopic (exact) mass is 417 g/mol. The quantitative estimate of drug-likeness (QED) is 0.755. The van der Waals surface area contributed by atoms with Gasteiger partial charge in [-0.25, -0.2) is 9.97 Å². The molecule has 0 bridgehead atoms. The Kier molecular flexibility index (Phi) is 6.72. The number of nitrogens with zero attached hydrogens (tertiary/aromatic N) is 3. The lowest BCUT2D eigenvalue weighted by atomic mass is 9.94. The summed E-state index contributed by atoms with van der Waals surface area (Å²) in [6.45, 7) is 9.88. The Morgan fingerprint density at radius 3 is 2.55 bits per heavy atom. The second-order valence-corrected chi connectivity index (χ2v) is 9.43. The standard InChI is InChI=1S/C21H31N5O2S/c1-12(2)10-16(20(28)22-5)25-19(27)15-6-8-26(9-7-15)18-17-13(3)14(4)29-21(17)24-11-23-18/h11-12,15-16H,6-10H2,1-5H3,(H,22,28)(H,25,27). The van der Waals surface area contributed by atoms with Crippen LogP contribution in [0.15, 0.2) is 6.33 Å². The summed E-state index contributed by atoms with van der Waals surface area (Å²) in [5, 5.41) is 6.76. The van der Waals surface area contributed by atoms with E-state index in [1.165, 1.54) is 10.4 Å². The van der Waals surface area contributed by atoms with E-state index in [1.807, 2.05) is 0 Å². The van der Waals surface area contributed by atoms with Crippen LogP contribution in [0.1, 0.15) is 43.6 Å². The molecule has 0 aliphatic carbocycles. The first-order valence-corrected chi connectivity index (χ1v) is 11.1. The highest BCUT2D eigenvalue weighted by Gasteiger charge is 2.30. The first kappa shape index (κ1) is 21.5. The molecule has 0 spiro atoms. The van der Waals surface area contributed by atoms with Gasteiger partial charge in [0.2, 0.25) is 11.8 Å². The molecule has 8 heteroatoms. The molecule has 1 fully saturated rings. The smallest absolute Gasteiger partial charge is 0.242 e. The minimum Gasteiger partial charge on any atom is -0.357 e. The van der Waals surface area contributed by atoms with Crippen LogP contribution < -0.4 is 15.5 Å². The maximum atomic E-state index is 12.8. The van der Waals surface area contributed by atoms with E-state index in [1.54, 1.807) is 24.7 Å². The van der Waals surface area contributed by atoms with Crippen LogP contribution in [0, 0.1) is 25.7 Å². The number of thiophene rings is 1. The van der Waals surface area contributed by atoms with Crippen molar-refractivity contribution in [1.82, 2.24) is 20.6 Å². The number of aromatic nitrogens is 2. The van der Waals surface area contributed by atoms with E-state index in [2.05, 4.69) is 53.2 Å². The molecule has 0 saturated carbocycles. The third kappa shape index (κ3) is 4.69. The van der Waals surface area contributed by atoms with E-state index in [0.29, 0.717) is 12.3 Å². The van der Waals surface area contributed by atoms with Crippen LogP contribution in [-0.4, -0.2) is 48.0 Å². The van der Waals surface area contributed by atoms with Gasteiger partial charge in [-0.3, -0.25) is 9.59 Å². The highest BCUT2D eigenvalue weighted by Crippen LogP contribution is 2.35. The van der Waals surface area contributed by atoms with Crippen molar-refractivity contribution in [2.24, 2.45) is 11.8 Å². The van der Waals surface area contributed by atoms with Gasteiger partial charge in [0, 0.05) is 30.9 Å². The van der Waals surface area contributed by atoms with E-state index in [0.717, 1.165) is 42.0 Å². The molecule has 0 radical (unpaired) electrons. The second kappa shape index (κ2) is 9.07. The summed E-state index contributed by atoms with van der Waals surface area (Å²) in [5.74, 6) is 1.08. The molecule has 7 nitrogen and oxygen atoms in total. The zero-order valence-corrected chi connectivity index (χ0v) is 18.7. The summed E-state index contributed by atoms with van der Waals surface area (Å²) in [5.41, 5.74) is 1.24. The zero-order chi connectivity index (χ0) is 21.1. The van der Waals surface area contributed by atoms with Gasteiger partial charge in [0.1, 0.15) is 23.0 Å². The van der Waals surface area contributed by atoms with E-state index in [9.17, 15) is 9.59 Å². The van der Waals surface area contributed by atoms with Crippen LogP contribution in [-0.2, 0) is 9.59 Å². The number of anilines is 1. The summed E-state index contributed by atoms with van der Waals surface area (Å²) in [4.78, 5) is 38.4. The Hall–Kier alpha value is -2.22. The summed E-state index contributed by atoms with van der Waals surface area (Å²) in [6, 6.07) is -0.469. The molecule has 158 valence electrons. The number of hydrogen-bond acceptors (Lipinski definition) is 6. The van der Waals surface area contributed by atoms with Gasteiger partial charge in [0.15, 0.2) is 0 Å². The van der Waals surface area contributed by atoms with Crippen molar-refractivity contribution in [2.45, 2.75) is 53.0 Å². The Bertz CT molecular complexity index is 887. The third-order valence-electron chi connectivity index (χ3n) is 5.70. The van der Waals surface area contributed by atoms with E-state index >= 15 is 0 Å². The number of piperidine rings is 1. The molecule has 1 aliphatic heterocycles. The maximum absolute atomic E-state index is 12.8. The van der Waals surface area contributed by atoms with Crippen molar-refractivity contribution in [3.8, 4) is 0 Å². The average molecular weight is 418 g/mol. The average Bonchev–Trinajstić information content (AvgIpc) is 3.00. The minimum absolute atomic E-state index is 0.0192. The topological polar surface area (TPSA) is 87.2 Å². The van der Waals surface area contributed by atoms with Gasteiger partial charge >= 0.3 is 0 Å². The van der Waals surface area contributed by atoms with Crippen LogP contribution in [0.4, 0.5) is 5.82 Å². The van der Waals surface area contributed by atoms with Crippen molar-refractivity contribution in [1.29, 1.82) is 0 Å². The van der Waals surface area contributed by atoms with E-state index in [-0.39, 0.29) is 17.7 Å². The predicted molar refractivity (Wildman–Crippen MR) is 117 cm³/mol. The molecule has 1 aliphatic rings. The molecule has 2 aromatic heterocycles. The zero-order valence-electron chi connectivity index (χ0n) is 17.9. The number of fused-ring (bicyclic) bond motifs is 1. The van der Waals surface area contributed by atoms with Crippen LogP contribution in [0.3, 0.4) is 0 Å². The molecule has 2 amide bonds. The lowest BCUT2D eigenvalue weighted by molar-refractivity contribution is -0.131. The largest absolute Gasteiger partial charge is 0.357 e. The fourth-order valence-electron chi connectivity index (χ4n) is 3.92. The number of carbonyl (C=O) groups is 2. The van der Waals surface area contributed by atoms with E-state index < -0.39 is 6.04 Å². The molecule has 3 heterocycles. The van der Waals surface area contributed by atoms with Crippen LogP contribution in [0.5, 0.6) is 0 Å². The number of amides is 2. The summed E-state index contributed by atoms with van der Waals surface area (Å²) >= 11 is 1.70. The molecule has 29 heavy (non-hydrogen) atoms. The molecule has 0 aromatic carbocycles. The first-order valence-electron chi connectivity index (χ1n) is 10.3. The Balaban J connectivity index is 1.66. The van der Waals surface area contributed by atoms with Crippen molar-refractivity contribution >= 4 is 39.2 Å². The van der Waals surface area contributed by atoms with E-state index in [4.69, 9.17) is 0 Å².